The fraction of sp³-hybridized carbons (Fsp3) is 0.714. The van der Waals surface area contributed by atoms with Crippen LogP contribution in [0, 0.1) is 5.92 Å². The topological polar surface area (TPSA) is 80.1 Å². The van der Waals surface area contributed by atoms with E-state index in [1.807, 2.05) is 13.8 Å². The zero-order chi connectivity index (χ0) is 15.2. The SMILES string of the molecule is CCC1C(=O)NC(C)(C2CC2)C(=O)N1Cc1ncnn1C. The maximum atomic E-state index is 12.9. The average Bonchev–Trinajstić information content (AvgIpc) is 3.22. The molecule has 7 heteroatoms. The molecule has 0 bridgehead atoms. The fourth-order valence-electron chi connectivity index (χ4n) is 3.11. The van der Waals surface area contributed by atoms with E-state index in [9.17, 15) is 9.59 Å². The number of nitrogens with one attached hydrogen (secondary N) is 1. The molecule has 1 N–H and O–H groups in total. The number of rotatable bonds is 4. The molecule has 0 aromatic carbocycles. The summed E-state index contributed by atoms with van der Waals surface area (Å²) in [6, 6.07) is -0.430. The predicted octanol–water partition coefficient (Wildman–Crippen LogP) is 0.221. The van der Waals surface area contributed by atoms with Gasteiger partial charge in [-0.2, -0.15) is 5.10 Å². The van der Waals surface area contributed by atoms with Gasteiger partial charge in [0.2, 0.25) is 11.8 Å². The lowest BCUT2D eigenvalue weighted by Gasteiger charge is -2.44. The van der Waals surface area contributed by atoms with Gasteiger partial charge in [0.25, 0.3) is 0 Å². The molecule has 2 amide bonds. The van der Waals surface area contributed by atoms with Crippen molar-refractivity contribution in [2.75, 3.05) is 0 Å². The first kappa shape index (κ1) is 14.0. The van der Waals surface area contributed by atoms with Crippen LogP contribution in [-0.2, 0) is 23.2 Å². The van der Waals surface area contributed by atoms with E-state index in [4.69, 9.17) is 0 Å². The Kier molecular flexibility index (Phi) is 3.22. The van der Waals surface area contributed by atoms with Gasteiger partial charge in [-0.3, -0.25) is 14.3 Å². The molecule has 0 radical (unpaired) electrons. The van der Waals surface area contributed by atoms with Crippen LogP contribution in [0.15, 0.2) is 6.33 Å². The van der Waals surface area contributed by atoms with Crippen LogP contribution in [0.25, 0.3) is 0 Å². The van der Waals surface area contributed by atoms with Crippen molar-refractivity contribution in [2.45, 2.75) is 51.2 Å². The zero-order valence-corrected chi connectivity index (χ0v) is 12.7. The van der Waals surface area contributed by atoms with Gasteiger partial charge in [0.05, 0.1) is 6.54 Å². The highest BCUT2D eigenvalue weighted by atomic mass is 16.2. The van der Waals surface area contributed by atoms with E-state index in [1.165, 1.54) is 6.33 Å². The van der Waals surface area contributed by atoms with Crippen LogP contribution in [0.4, 0.5) is 0 Å². The lowest BCUT2D eigenvalue weighted by atomic mass is 9.89. The molecule has 2 aliphatic rings. The summed E-state index contributed by atoms with van der Waals surface area (Å²) in [5, 5.41) is 6.98. The van der Waals surface area contributed by atoms with E-state index in [0.717, 1.165) is 12.8 Å². The first-order valence-electron chi connectivity index (χ1n) is 7.43. The number of piperazine rings is 1. The Hall–Kier alpha value is -1.92. The maximum absolute atomic E-state index is 12.9. The second kappa shape index (κ2) is 4.82. The van der Waals surface area contributed by atoms with Crippen LogP contribution in [0.5, 0.6) is 0 Å². The van der Waals surface area contributed by atoms with Crippen LogP contribution in [0.3, 0.4) is 0 Å². The number of hydrogen-bond donors (Lipinski definition) is 1. The van der Waals surface area contributed by atoms with Crippen molar-refractivity contribution in [2.24, 2.45) is 13.0 Å². The normalized spacial score (nSPS) is 29.7. The van der Waals surface area contributed by atoms with Crippen LogP contribution in [-0.4, -0.2) is 43.1 Å². The smallest absolute Gasteiger partial charge is 0.249 e. The van der Waals surface area contributed by atoms with Crippen molar-refractivity contribution in [1.82, 2.24) is 25.0 Å². The second-order valence-corrected chi connectivity index (χ2v) is 6.12. The van der Waals surface area contributed by atoms with Gasteiger partial charge < -0.3 is 10.2 Å². The number of nitrogens with zero attached hydrogens (tertiary/aromatic N) is 4. The van der Waals surface area contributed by atoms with Crippen molar-refractivity contribution < 1.29 is 9.59 Å². The highest BCUT2D eigenvalue weighted by Crippen LogP contribution is 2.42. The maximum Gasteiger partial charge on any atom is 0.249 e. The minimum absolute atomic E-state index is 0.000509. The number of aromatic nitrogens is 3. The van der Waals surface area contributed by atoms with Crippen LogP contribution < -0.4 is 5.32 Å². The molecule has 114 valence electrons. The van der Waals surface area contributed by atoms with E-state index in [2.05, 4.69) is 15.4 Å². The molecule has 0 spiro atoms. The van der Waals surface area contributed by atoms with Crippen LogP contribution in [0.2, 0.25) is 0 Å². The van der Waals surface area contributed by atoms with Gasteiger partial charge in [0, 0.05) is 7.05 Å². The molecule has 2 unspecified atom stereocenters. The predicted molar refractivity (Wildman–Crippen MR) is 74.9 cm³/mol. The highest BCUT2D eigenvalue weighted by molar-refractivity contribution is 6.00. The quantitative estimate of drug-likeness (QED) is 0.860. The summed E-state index contributed by atoms with van der Waals surface area (Å²) in [5.41, 5.74) is -0.763. The fourth-order valence-corrected chi connectivity index (χ4v) is 3.11. The summed E-state index contributed by atoms with van der Waals surface area (Å²) in [7, 11) is 1.79. The Balaban J connectivity index is 1.91. The third-order valence-corrected chi connectivity index (χ3v) is 4.66. The van der Waals surface area contributed by atoms with Crippen molar-refractivity contribution >= 4 is 11.8 Å². The second-order valence-electron chi connectivity index (χ2n) is 6.12. The molecule has 2 heterocycles. The third-order valence-electron chi connectivity index (χ3n) is 4.66. The van der Waals surface area contributed by atoms with Gasteiger partial charge in [-0.05, 0) is 32.1 Å². The van der Waals surface area contributed by atoms with Crippen molar-refractivity contribution in [3.05, 3.63) is 12.2 Å². The summed E-state index contributed by atoms with van der Waals surface area (Å²) in [4.78, 5) is 31.2. The largest absolute Gasteiger partial charge is 0.340 e. The lowest BCUT2D eigenvalue weighted by Crippen LogP contribution is -2.69. The van der Waals surface area contributed by atoms with Gasteiger partial charge in [-0.15, -0.1) is 0 Å². The Morgan fingerprint density at radius 1 is 1.43 bits per heavy atom. The summed E-state index contributed by atoms with van der Waals surface area (Å²) >= 11 is 0. The summed E-state index contributed by atoms with van der Waals surface area (Å²) < 4.78 is 1.64. The van der Waals surface area contributed by atoms with Gasteiger partial charge in [-0.25, -0.2) is 4.98 Å². The lowest BCUT2D eigenvalue weighted by molar-refractivity contribution is -0.156. The van der Waals surface area contributed by atoms with Crippen LogP contribution in [0.1, 0.15) is 38.9 Å². The first-order chi connectivity index (χ1) is 9.97. The van der Waals surface area contributed by atoms with Gasteiger partial charge in [-0.1, -0.05) is 6.92 Å². The molecule has 1 aromatic heterocycles. The summed E-state index contributed by atoms with van der Waals surface area (Å²) in [6.45, 7) is 4.09. The van der Waals surface area contributed by atoms with Crippen LogP contribution >= 0.6 is 0 Å². The van der Waals surface area contributed by atoms with Crippen molar-refractivity contribution in [3.8, 4) is 0 Å². The summed E-state index contributed by atoms with van der Waals surface area (Å²) in [5.74, 6) is 0.886. The Morgan fingerprint density at radius 2 is 2.14 bits per heavy atom. The molecule has 1 aromatic rings. The number of aryl methyl sites for hydroxylation is 1. The highest BCUT2D eigenvalue weighted by Gasteiger charge is 2.55. The molecule has 1 aliphatic carbocycles. The summed E-state index contributed by atoms with van der Waals surface area (Å²) in [6.07, 6.45) is 4.05. The minimum Gasteiger partial charge on any atom is -0.340 e. The van der Waals surface area contributed by atoms with E-state index >= 15 is 0 Å². The van der Waals surface area contributed by atoms with Gasteiger partial charge in [0.1, 0.15) is 23.7 Å². The molecule has 21 heavy (non-hydrogen) atoms. The Morgan fingerprint density at radius 3 is 2.67 bits per heavy atom. The molecule has 2 atom stereocenters. The zero-order valence-electron chi connectivity index (χ0n) is 12.7. The molecule has 2 fully saturated rings. The Bertz CT molecular complexity index is 580. The van der Waals surface area contributed by atoms with Crippen molar-refractivity contribution in [3.63, 3.8) is 0 Å². The van der Waals surface area contributed by atoms with Gasteiger partial charge in [0.15, 0.2) is 0 Å². The Labute approximate surface area is 123 Å². The van der Waals surface area contributed by atoms with E-state index in [-0.39, 0.29) is 17.7 Å². The van der Waals surface area contributed by atoms with Crippen molar-refractivity contribution in [1.29, 1.82) is 0 Å². The third kappa shape index (κ3) is 2.20. The standard InChI is InChI=1S/C14H21N5O2/c1-4-10-12(20)17-14(2,9-5-6-9)13(21)19(10)7-11-15-8-16-18(11)3/h8-10H,4-7H2,1-3H3,(H,17,20). The van der Waals surface area contributed by atoms with E-state index in [0.29, 0.717) is 18.8 Å². The number of carbonyl (C=O) groups excluding carboxylic acids is 2. The molecule has 1 saturated heterocycles. The molecular weight excluding hydrogens is 270 g/mol. The van der Waals surface area contributed by atoms with E-state index < -0.39 is 11.6 Å². The minimum atomic E-state index is -0.763. The molecule has 3 rings (SSSR count). The van der Waals surface area contributed by atoms with Gasteiger partial charge >= 0.3 is 0 Å². The number of carbonyl (C=O) groups is 2. The number of hydrogen-bond acceptors (Lipinski definition) is 4. The first-order valence-corrected chi connectivity index (χ1v) is 7.43. The molecule has 1 aliphatic heterocycles. The molecular formula is C14H21N5O2. The van der Waals surface area contributed by atoms with E-state index in [1.54, 1.807) is 16.6 Å². The monoisotopic (exact) mass is 291 g/mol. The molecule has 7 nitrogen and oxygen atoms in total. The molecule has 1 saturated carbocycles. The number of amides is 2. The average molecular weight is 291 g/mol.